The fourth-order valence-corrected chi connectivity index (χ4v) is 8.91. The average Bonchev–Trinajstić information content (AvgIpc) is 4.15. The number of aromatic nitrogens is 4. The number of H-pyrrole nitrogens is 2. The van der Waals surface area contributed by atoms with Crippen LogP contribution in [-0.2, 0) is 0 Å². The van der Waals surface area contributed by atoms with Gasteiger partial charge in [-0.2, -0.15) is 0 Å². The third-order valence-electron chi connectivity index (χ3n) is 11.6. The summed E-state index contributed by atoms with van der Waals surface area (Å²) in [5.41, 5.74) is 14.9. The van der Waals surface area contributed by atoms with Gasteiger partial charge in [-0.15, -0.1) is 0 Å². The number of rotatable bonds is 6. The van der Waals surface area contributed by atoms with Crippen molar-refractivity contribution in [1.82, 2.24) is 19.9 Å². The number of hydrogen-bond donors (Lipinski definition) is 2. The molecule has 0 amide bonds. The van der Waals surface area contributed by atoms with Gasteiger partial charge in [-0.1, -0.05) is 121 Å². The molecule has 2 aliphatic rings. The fraction of sp³-hybridized carbons (Fsp3) is 0.0370. The molecule has 60 heavy (non-hydrogen) atoms. The van der Waals surface area contributed by atoms with E-state index in [1.54, 1.807) is 14.2 Å². The maximum absolute atomic E-state index is 6.15. The van der Waals surface area contributed by atoms with E-state index in [1.807, 2.05) is 12.1 Å². The molecule has 0 unspecified atom stereocenters. The summed E-state index contributed by atoms with van der Waals surface area (Å²) >= 11 is 0. The highest BCUT2D eigenvalue weighted by Crippen LogP contribution is 2.45. The molecule has 8 bridgehead atoms. The number of fused-ring (bicyclic) bond motifs is 10. The molecule has 2 N–H and O–H groups in total. The highest BCUT2D eigenvalue weighted by atomic mass is 16.5. The van der Waals surface area contributed by atoms with Gasteiger partial charge in [0.15, 0.2) is 0 Å². The smallest absolute Gasteiger partial charge is 0.127 e. The van der Waals surface area contributed by atoms with Crippen molar-refractivity contribution in [3.8, 4) is 56.0 Å². The molecule has 0 saturated heterocycles. The van der Waals surface area contributed by atoms with Crippen LogP contribution in [0.1, 0.15) is 22.8 Å². The third kappa shape index (κ3) is 5.80. The predicted molar refractivity (Wildman–Crippen MR) is 249 cm³/mol. The first-order valence-corrected chi connectivity index (χ1v) is 20.1. The number of benzene rings is 6. The van der Waals surface area contributed by atoms with Crippen LogP contribution in [0.2, 0.25) is 0 Å². The molecular formula is C54H38N4O2. The van der Waals surface area contributed by atoms with Gasteiger partial charge in [-0.05, 0) is 93.4 Å². The average molecular weight is 775 g/mol. The van der Waals surface area contributed by atoms with Gasteiger partial charge in [0.05, 0.1) is 37.0 Å². The lowest BCUT2D eigenvalue weighted by atomic mass is 9.96. The number of aromatic amines is 2. The van der Waals surface area contributed by atoms with E-state index in [1.165, 1.54) is 0 Å². The topological polar surface area (TPSA) is 75.8 Å². The van der Waals surface area contributed by atoms with Crippen molar-refractivity contribution >= 4 is 67.9 Å². The highest BCUT2D eigenvalue weighted by Gasteiger charge is 2.23. The molecule has 3 aromatic heterocycles. The Balaban J connectivity index is 1.36. The molecule has 0 aliphatic carbocycles. The molecule has 6 nitrogen and oxygen atoms in total. The third-order valence-corrected chi connectivity index (χ3v) is 11.6. The Morgan fingerprint density at radius 3 is 1.08 bits per heavy atom. The van der Waals surface area contributed by atoms with E-state index in [-0.39, 0.29) is 0 Å². The SMILES string of the molecule is COc1ccc2ccccc2c1-c1c2nc(c(-c3ccccc3)c3ccc([nH]3)c(-c3c(OC)ccc4ccccc34)c3nc(c(-c4ccccc4)c4ccc1[nH]4)C=C3)C=C2. The van der Waals surface area contributed by atoms with Gasteiger partial charge in [0.1, 0.15) is 11.5 Å². The van der Waals surface area contributed by atoms with E-state index in [0.717, 1.165) is 122 Å². The summed E-state index contributed by atoms with van der Waals surface area (Å²) in [7, 11) is 3.47. The fourth-order valence-electron chi connectivity index (χ4n) is 8.91. The quantitative estimate of drug-likeness (QED) is 0.176. The second-order valence-corrected chi connectivity index (χ2v) is 15.0. The Bertz CT molecular complexity index is 3170. The Kier molecular flexibility index (Phi) is 8.48. The number of nitrogens with zero attached hydrogens (tertiary/aromatic N) is 2. The molecule has 9 aromatic rings. The zero-order valence-corrected chi connectivity index (χ0v) is 33.0. The molecule has 286 valence electrons. The van der Waals surface area contributed by atoms with Crippen LogP contribution in [-0.4, -0.2) is 34.2 Å². The first-order chi connectivity index (χ1) is 29.7. The minimum atomic E-state index is 0.765. The lowest BCUT2D eigenvalue weighted by Gasteiger charge is -2.14. The van der Waals surface area contributed by atoms with E-state index in [0.29, 0.717) is 0 Å². The molecule has 0 atom stereocenters. The van der Waals surface area contributed by atoms with E-state index in [9.17, 15) is 0 Å². The van der Waals surface area contributed by atoms with Gasteiger partial charge in [0.2, 0.25) is 0 Å². The lowest BCUT2D eigenvalue weighted by Crippen LogP contribution is -1.94. The Morgan fingerprint density at radius 2 is 0.683 bits per heavy atom. The van der Waals surface area contributed by atoms with Gasteiger partial charge in [-0.3, -0.25) is 0 Å². The molecule has 0 spiro atoms. The second kappa shape index (κ2) is 14.5. The Morgan fingerprint density at radius 1 is 0.333 bits per heavy atom. The molecule has 11 rings (SSSR count). The number of methoxy groups -OCH3 is 2. The van der Waals surface area contributed by atoms with E-state index in [4.69, 9.17) is 19.4 Å². The first kappa shape index (κ1) is 35.2. The first-order valence-electron chi connectivity index (χ1n) is 20.1. The monoisotopic (exact) mass is 774 g/mol. The second-order valence-electron chi connectivity index (χ2n) is 15.0. The normalized spacial score (nSPS) is 12.0. The van der Waals surface area contributed by atoms with Crippen molar-refractivity contribution in [2.45, 2.75) is 0 Å². The summed E-state index contributed by atoms with van der Waals surface area (Å²) in [6, 6.07) is 54.8. The zero-order chi connectivity index (χ0) is 40.2. The number of nitrogens with one attached hydrogen (secondary N) is 2. The predicted octanol–water partition coefficient (Wildman–Crippen LogP) is 13.6. The van der Waals surface area contributed by atoms with Crippen LogP contribution in [0, 0.1) is 0 Å². The van der Waals surface area contributed by atoms with Crippen LogP contribution in [0.15, 0.2) is 158 Å². The van der Waals surface area contributed by atoms with Crippen LogP contribution in [0.3, 0.4) is 0 Å². The van der Waals surface area contributed by atoms with Crippen LogP contribution in [0.5, 0.6) is 11.5 Å². The van der Waals surface area contributed by atoms with Gasteiger partial charge >= 0.3 is 0 Å². The van der Waals surface area contributed by atoms with E-state index < -0.39 is 0 Å². The largest absolute Gasteiger partial charge is 0.496 e. The van der Waals surface area contributed by atoms with Crippen molar-refractivity contribution in [3.05, 3.63) is 181 Å². The van der Waals surface area contributed by atoms with Crippen LogP contribution in [0.4, 0.5) is 0 Å². The summed E-state index contributed by atoms with van der Waals surface area (Å²) in [5.74, 6) is 1.53. The molecule has 2 aliphatic heterocycles. The van der Waals surface area contributed by atoms with E-state index >= 15 is 0 Å². The van der Waals surface area contributed by atoms with Crippen LogP contribution in [0.25, 0.3) is 112 Å². The maximum atomic E-state index is 6.15. The molecule has 5 heterocycles. The van der Waals surface area contributed by atoms with Gasteiger partial charge in [-0.25, -0.2) is 9.97 Å². The van der Waals surface area contributed by atoms with Gasteiger partial charge < -0.3 is 19.4 Å². The lowest BCUT2D eigenvalue weighted by molar-refractivity contribution is 0.417. The van der Waals surface area contributed by atoms with Crippen molar-refractivity contribution < 1.29 is 9.47 Å². The van der Waals surface area contributed by atoms with Gasteiger partial charge in [0.25, 0.3) is 0 Å². The summed E-state index contributed by atoms with van der Waals surface area (Å²) < 4.78 is 12.3. The van der Waals surface area contributed by atoms with Gasteiger partial charge in [0, 0.05) is 55.4 Å². The number of ether oxygens (including phenoxy) is 2. The maximum Gasteiger partial charge on any atom is 0.127 e. The Labute approximate surface area is 346 Å². The van der Waals surface area contributed by atoms with Crippen molar-refractivity contribution in [3.63, 3.8) is 0 Å². The summed E-state index contributed by atoms with van der Waals surface area (Å²) in [6.45, 7) is 0. The van der Waals surface area contributed by atoms with Crippen molar-refractivity contribution in [2.24, 2.45) is 0 Å². The van der Waals surface area contributed by atoms with E-state index in [2.05, 4.69) is 180 Å². The van der Waals surface area contributed by atoms with Crippen LogP contribution < -0.4 is 9.47 Å². The summed E-state index contributed by atoms with van der Waals surface area (Å²) in [6.07, 6.45) is 8.51. The minimum Gasteiger partial charge on any atom is -0.496 e. The molecule has 6 heteroatoms. The number of hydrogen-bond acceptors (Lipinski definition) is 4. The van der Waals surface area contributed by atoms with Crippen molar-refractivity contribution in [2.75, 3.05) is 14.2 Å². The summed E-state index contributed by atoms with van der Waals surface area (Å²) in [5, 5.41) is 4.37. The minimum absolute atomic E-state index is 0.765. The zero-order valence-electron chi connectivity index (χ0n) is 33.0. The molecule has 6 aromatic carbocycles. The molecule has 0 fully saturated rings. The highest BCUT2D eigenvalue weighted by molar-refractivity contribution is 6.09. The Hall–Kier alpha value is -7.96. The molecule has 0 saturated carbocycles. The molecular weight excluding hydrogens is 737 g/mol. The summed E-state index contributed by atoms with van der Waals surface area (Å²) in [4.78, 5) is 18.8. The van der Waals surface area contributed by atoms with Crippen molar-refractivity contribution in [1.29, 1.82) is 0 Å². The van der Waals surface area contributed by atoms with Crippen LogP contribution >= 0.6 is 0 Å². The standard InChI is InChI=1S/C54H38N4O2/c1-59-47-31-21-33-13-9-11-19-37(33)51(47)53-43-27-23-39(55-43)49(35-15-5-3-6-16-35)41-25-29-45(57-41)54(52-38-20-12-10-14-34(38)22-32-48(52)60-2)46-30-26-42(58-46)50(36-17-7-4-8-18-36)40-24-28-44(53)56-40/h3-32,55,58H,1-2H3. The molecule has 0 radical (unpaired) electrons.